The summed E-state index contributed by atoms with van der Waals surface area (Å²) < 4.78 is 9.61. The van der Waals surface area contributed by atoms with Gasteiger partial charge in [0.1, 0.15) is 0 Å². The Balaban J connectivity index is 3.56. The van der Waals surface area contributed by atoms with E-state index >= 15 is 0 Å². The first kappa shape index (κ1) is 12.8. The minimum Gasteiger partial charge on any atom is -0.469 e. The Morgan fingerprint density at radius 3 is 2.46 bits per heavy atom. The highest BCUT2D eigenvalue weighted by atomic mass is 32.2. The number of methoxy groups -OCH3 is 2. The fourth-order valence-corrected chi connectivity index (χ4v) is 1.85. The van der Waals surface area contributed by atoms with Crippen LogP contribution in [0.2, 0.25) is 0 Å². The van der Waals surface area contributed by atoms with Crippen molar-refractivity contribution in [3.8, 4) is 0 Å². The van der Waals surface area contributed by atoms with Crippen LogP contribution in [0.4, 0.5) is 0 Å². The van der Waals surface area contributed by atoms with Gasteiger partial charge in [0.15, 0.2) is 0 Å². The third-order valence-electron chi connectivity index (χ3n) is 1.64. The SMILES string of the molecule is COCC(C)SCC(C)C(=O)OC. The maximum atomic E-state index is 11.0. The zero-order valence-corrected chi connectivity index (χ0v) is 9.52. The molecule has 0 fully saturated rings. The first-order chi connectivity index (χ1) is 6.11. The van der Waals surface area contributed by atoms with Crippen LogP contribution in [0.3, 0.4) is 0 Å². The van der Waals surface area contributed by atoms with E-state index in [0.29, 0.717) is 5.25 Å². The molecule has 0 amide bonds. The lowest BCUT2D eigenvalue weighted by molar-refractivity contribution is -0.143. The van der Waals surface area contributed by atoms with Gasteiger partial charge >= 0.3 is 5.97 Å². The van der Waals surface area contributed by atoms with Crippen LogP contribution >= 0.6 is 11.8 Å². The summed E-state index contributed by atoms with van der Waals surface area (Å²) in [4.78, 5) is 11.0. The van der Waals surface area contributed by atoms with Crippen LogP contribution in [0.15, 0.2) is 0 Å². The van der Waals surface area contributed by atoms with Gasteiger partial charge in [-0.05, 0) is 0 Å². The van der Waals surface area contributed by atoms with Crippen LogP contribution in [0.25, 0.3) is 0 Å². The molecule has 13 heavy (non-hydrogen) atoms. The molecule has 0 aliphatic heterocycles. The predicted molar refractivity (Wildman–Crippen MR) is 55.0 cm³/mol. The molecule has 0 aromatic heterocycles. The Morgan fingerprint density at radius 1 is 1.38 bits per heavy atom. The Kier molecular flexibility index (Phi) is 7.09. The van der Waals surface area contributed by atoms with E-state index in [4.69, 9.17) is 4.74 Å². The fraction of sp³-hybridized carbons (Fsp3) is 0.889. The van der Waals surface area contributed by atoms with Gasteiger partial charge < -0.3 is 9.47 Å². The molecule has 2 atom stereocenters. The number of hydrogen-bond acceptors (Lipinski definition) is 4. The Labute approximate surface area is 84.2 Å². The Bertz CT molecular complexity index is 150. The van der Waals surface area contributed by atoms with Crippen LogP contribution in [0.5, 0.6) is 0 Å². The van der Waals surface area contributed by atoms with E-state index in [1.807, 2.05) is 6.92 Å². The summed E-state index contributed by atoms with van der Waals surface area (Å²) in [5, 5.41) is 0.428. The summed E-state index contributed by atoms with van der Waals surface area (Å²) in [6.07, 6.45) is 0. The minimum atomic E-state index is -0.142. The standard InChI is InChI=1S/C9H18O3S/c1-7(9(10)12-4)6-13-8(2)5-11-3/h7-8H,5-6H2,1-4H3. The molecule has 3 nitrogen and oxygen atoms in total. The number of esters is 1. The van der Waals surface area contributed by atoms with Crippen molar-refractivity contribution >= 4 is 17.7 Å². The van der Waals surface area contributed by atoms with Crippen molar-refractivity contribution in [1.29, 1.82) is 0 Å². The molecule has 0 radical (unpaired) electrons. The largest absolute Gasteiger partial charge is 0.469 e. The summed E-state index contributed by atoms with van der Waals surface area (Å²) in [5.41, 5.74) is 0. The molecule has 0 bridgehead atoms. The molecule has 0 saturated heterocycles. The lowest BCUT2D eigenvalue weighted by Crippen LogP contribution is -2.17. The van der Waals surface area contributed by atoms with Crippen LogP contribution < -0.4 is 0 Å². The zero-order chi connectivity index (χ0) is 10.3. The van der Waals surface area contributed by atoms with Crippen molar-refractivity contribution in [1.82, 2.24) is 0 Å². The first-order valence-corrected chi connectivity index (χ1v) is 5.35. The van der Waals surface area contributed by atoms with Crippen LogP contribution in [0.1, 0.15) is 13.8 Å². The number of hydrogen-bond donors (Lipinski definition) is 0. The van der Waals surface area contributed by atoms with Crippen molar-refractivity contribution < 1.29 is 14.3 Å². The van der Waals surface area contributed by atoms with Gasteiger partial charge in [-0.1, -0.05) is 13.8 Å². The average Bonchev–Trinajstić information content (AvgIpc) is 2.13. The van der Waals surface area contributed by atoms with Gasteiger partial charge in [-0.15, -0.1) is 0 Å². The molecule has 0 aromatic rings. The Hall–Kier alpha value is -0.220. The molecule has 0 heterocycles. The van der Waals surface area contributed by atoms with Gasteiger partial charge in [-0.3, -0.25) is 4.79 Å². The van der Waals surface area contributed by atoms with Crippen molar-refractivity contribution in [3.05, 3.63) is 0 Å². The van der Waals surface area contributed by atoms with E-state index < -0.39 is 0 Å². The first-order valence-electron chi connectivity index (χ1n) is 4.30. The second-order valence-electron chi connectivity index (χ2n) is 3.02. The topological polar surface area (TPSA) is 35.5 Å². The van der Waals surface area contributed by atoms with Gasteiger partial charge in [0.05, 0.1) is 19.6 Å². The molecule has 4 heteroatoms. The van der Waals surface area contributed by atoms with Crippen molar-refractivity contribution in [2.24, 2.45) is 5.92 Å². The van der Waals surface area contributed by atoms with Crippen LogP contribution in [-0.2, 0) is 14.3 Å². The molecule has 0 aliphatic carbocycles. The number of carbonyl (C=O) groups excluding carboxylic acids is 1. The molecular formula is C9H18O3S. The normalized spacial score (nSPS) is 15.1. The van der Waals surface area contributed by atoms with Gasteiger partial charge in [-0.25, -0.2) is 0 Å². The zero-order valence-electron chi connectivity index (χ0n) is 8.70. The molecule has 0 rings (SSSR count). The second-order valence-corrected chi connectivity index (χ2v) is 4.49. The molecule has 0 saturated carbocycles. The number of thioether (sulfide) groups is 1. The molecule has 0 aromatic carbocycles. The minimum absolute atomic E-state index is 0.0330. The van der Waals surface area contributed by atoms with Gasteiger partial charge in [0.25, 0.3) is 0 Å². The van der Waals surface area contributed by atoms with E-state index in [-0.39, 0.29) is 11.9 Å². The van der Waals surface area contributed by atoms with E-state index in [0.717, 1.165) is 12.4 Å². The Morgan fingerprint density at radius 2 is 2.00 bits per heavy atom. The van der Waals surface area contributed by atoms with Gasteiger partial charge in [0, 0.05) is 18.1 Å². The number of rotatable bonds is 6. The van der Waals surface area contributed by atoms with E-state index in [1.165, 1.54) is 7.11 Å². The van der Waals surface area contributed by atoms with E-state index in [9.17, 15) is 4.79 Å². The number of carbonyl (C=O) groups is 1. The number of ether oxygens (including phenoxy) is 2. The summed E-state index contributed by atoms with van der Waals surface area (Å²) in [5.74, 6) is 0.614. The van der Waals surface area contributed by atoms with Crippen molar-refractivity contribution in [3.63, 3.8) is 0 Å². The highest BCUT2D eigenvalue weighted by Gasteiger charge is 2.14. The fourth-order valence-electron chi connectivity index (χ4n) is 0.861. The smallest absolute Gasteiger partial charge is 0.309 e. The van der Waals surface area contributed by atoms with Crippen LogP contribution in [0, 0.1) is 5.92 Å². The van der Waals surface area contributed by atoms with Crippen molar-refractivity contribution in [2.75, 3.05) is 26.6 Å². The second kappa shape index (κ2) is 7.21. The van der Waals surface area contributed by atoms with Crippen molar-refractivity contribution in [2.45, 2.75) is 19.1 Å². The highest BCUT2D eigenvalue weighted by Crippen LogP contribution is 2.15. The maximum Gasteiger partial charge on any atom is 0.309 e. The molecule has 0 spiro atoms. The summed E-state index contributed by atoms with van der Waals surface area (Å²) in [7, 11) is 3.10. The average molecular weight is 206 g/mol. The van der Waals surface area contributed by atoms with Gasteiger partial charge in [0.2, 0.25) is 0 Å². The molecule has 0 N–H and O–H groups in total. The highest BCUT2D eigenvalue weighted by molar-refractivity contribution is 7.99. The lowest BCUT2D eigenvalue weighted by atomic mass is 10.2. The lowest BCUT2D eigenvalue weighted by Gasteiger charge is -2.12. The van der Waals surface area contributed by atoms with E-state index in [1.54, 1.807) is 18.9 Å². The molecule has 0 aliphatic rings. The quantitative estimate of drug-likeness (QED) is 0.618. The van der Waals surface area contributed by atoms with Crippen LogP contribution in [-0.4, -0.2) is 37.8 Å². The molecular weight excluding hydrogens is 188 g/mol. The molecule has 2 unspecified atom stereocenters. The third-order valence-corrected chi connectivity index (χ3v) is 3.03. The predicted octanol–water partition coefficient (Wildman–Crippen LogP) is 1.56. The summed E-state index contributed by atoms with van der Waals surface area (Å²) >= 11 is 1.73. The monoisotopic (exact) mass is 206 g/mol. The van der Waals surface area contributed by atoms with E-state index in [2.05, 4.69) is 11.7 Å². The van der Waals surface area contributed by atoms with Gasteiger partial charge in [-0.2, -0.15) is 11.8 Å². The maximum absolute atomic E-state index is 11.0. The summed E-state index contributed by atoms with van der Waals surface area (Å²) in [6.45, 7) is 4.68. The summed E-state index contributed by atoms with van der Waals surface area (Å²) in [6, 6.07) is 0. The molecule has 78 valence electrons. The third kappa shape index (κ3) is 5.93.